The average Bonchev–Trinajstić information content (AvgIpc) is 3.33. The van der Waals surface area contributed by atoms with Gasteiger partial charge in [0.25, 0.3) is 0 Å². The van der Waals surface area contributed by atoms with Crippen LogP contribution < -0.4 is 15.0 Å². The molecule has 1 aliphatic heterocycles. The summed E-state index contributed by atoms with van der Waals surface area (Å²) < 4.78 is 10.5. The quantitative estimate of drug-likeness (QED) is 0.510. The molecule has 1 N–H and O–H groups in total. The molecule has 0 spiro atoms. The Morgan fingerprint density at radius 1 is 1.12 bits per heavy atom. The van der Waals surface area contributed by atoms with Crippen LogP contribution in [0.4, 0.5) is 11.4 Å². The number of hydrogen-bond donors (Lipinski definition) is 1. The number of piperazine rings is 1. The van der Waals surface area contributed by atoms with Gasteiger partial charge in [0, 0.05) is 56.0 Å². The summed E-state index contributed by atoms with van der Waals surface area (Å²) in [6.07, 6.45) is 1.58. The summed E-state index contributed by atoms with van der Waals surface area (Å²) in [4.78, 5) is 21.8. The zero-order valence-corrected chi connectivity index (χ0v) is 20.2. The summed E-state index contributed by atoms with van der Waals surface area (Å²) >= 11 is 0. The fraction of sp³-hybridized carbons (Fsp3) is 0.423. The Morgan fingerprint density at radius 2 is 1.88 bits per heavy atom. The van der Waals surface area contributed by atoms with Crippen LogP contribution in [-0.2, 0) is 11.2 Å². The zero-order valence-electron chi connectivity index (χ0n) is 20.2. The van der Waals surface area contributed by atoms with E-state index in [0.717, 1.165) is 49.7 Å². The molecule has 0 aliphatic carbocycles. The van der Waals surface area contributed by atoms with Gasteiger partial charge in [-0.3, -0.25) is 4.79 Å². The molecule has 1 amide bonds. The Labute approximate surface area is 200 Å². The molecule has 3 aromatic rings. The van der Waals surface area contributed by atoms with Gasteiger partial charge in [0.15, 0.2) is 0 Å². The van der Waals surface area contributed by atoms with Crippen molar-refractivity contribution in [1.82, 2.24) is 15.0 Å². The number of carbonyl (C=O) groups excluding carboxylic acids is 1. The first-order chi connectivity index (χ1) is 16.6. The van der Waals surface area contributed by atoms with Gasteiger partial charge in [0.1, 0.15) is 5.75 Å². The van der Waals surface area contributed by atoms with E-state index in [1.54, 1.807) is 7.11 Å². The van der Waals surface area contributed by atoms with Gasteiger partial charge in [0.2, 0.25) is 17.6 Å². The normalized spacial score (nSPS) is 14.3. The maximum absolute atomic E-state index is 12.5. The number of nitrogens with zero attached hydrogens (tertiary/aromatic N) is 4. The van der Waals surface area contributed by atoms with E-state index in [2.05, 4.69) is 51.2 Å². The van der Waals surface area contributed by atoms with Crippen LogP contribution >= 0.6 is 0 Å². The number of methoxy groups -OCH3 is 1. The molecule has 180 valence electrons. The molecule has 0 unspecified atom stereocenters. The van der Waals surface area contributed by atoms with Gasteiger partial charge in [-0.15, -0.1) is 0 Å². The lowest BCUT2D eigenvalue weighted by molar-refractivity contribution is -0.116. The number of rotatable bonds is 9. The van der Waals surface area contributed by atoms with Crippen LogP contribution in [0.2, 0.25) is 0 Å². The number of ether oxygens (including phenoxy) is 1. The molecule has 8 heteroatoms. The van der Waals surface area contributed by atoms with Gasteiger partial charge in [-0.05, 0) is 67.9 Å². The van der Waals surface area contributed by atoms with Crippen molar-refractivity contribution in [3.05, 3.63) is 53.9 Å². The number of aromatic nitrogens is 2. The highest BCUT2D eigenvalue weighted by Gasteiger charge is 2.17. The van der Waals surface area contributed by atoms with Crippen molar-refractivity contribution in [2.24, 2.45) is 0 Å². The van der Waals surface area contributed by atoms with Crippen molar-refractivity contribution < 1.29 is 14.1 Å². The second-order valence-electron chi connectivity index (χ2n) is 8.56. The van der Waals surface area contributed by atoms with Crippen molar-refractivity contribution in [2.75, 3.05) is 50.1 Å². The predicted molar refractivity (Wildman–Crippen MR) is 133 cm³/mol. The Balaban J connectivity index is 1.24. The lowest BCUT2D eigenvalue weighted by atomic mass is 10.1. The SMILES string of the molecule is CCN1CCN(c2ccc(NC(=O)CCCc3nc(-c4ccc(OC)cc4)no3)cc2C)CC1. The Kier molecular flexibility index (Phi) is 7.80. The van der Waals surface area contributed by atoms with Crippen molar-refractivity contribution in [1.29, 1.82) is 0 Å². The third-order valence-corrected chi connectivity index (χ3v) is 6.25. The highest BCUT2D eigenvalue weighted by molar-refractivity contribution is 5.91. The summed E-state index contributed by atoms with van der Waals surface area (Å²) in [5, 5.41) is 7.05. The first-order valence-corrected chi connectivity index (χ1v) is 11.9. The molecule has 2 aromatic carbocycles. The molecule has 1 saturated heterocycles. The molecule has 1 aromatic heterocycles. The predicted octanol–water partition coefficient (Wildman–Crippen LogP) is 4.16. The monoisotopic (exact) mass is 463 g/mol. The van der Waals surface area contributed by atoms with Crippen molar-refractivity contribution in [2.45, 2.75) is 33.1 Å². The fourth-order valence-corrected chi connectivity index (χ4v) is 4.23. The highest BCUT2D eigenvalue weighted by atomic mass is 16.5. The summed E-state index contributed by atoms with van der Waals surface area (Å²) in [7, 11) is 1.63. The smallest absolute Gasteiger partial charge is 0.226 e. The van der Waals surface area contributed by atoms with E-state index in [1.165, 1.54) is 11.3 Å². The molecule has 0 saturated carbocycles. The topological polar surface area (TPSA) is 83.7 Å². The third kappa shape index (κ3) is 5.94. The van der Waals surface area contributed by atoms with Crippen LogP contribution in [-0.4, -0.2) is 60.8 Å². The Bertz CT molecular complexity index is 1090. The number of amides is 1. The maximum atomic E-state index is 12.5. The van der Waals surface area contributed by atoms with E-state index in [1.807, 2.05) is 30.3 Å². The van der Waals surface area contributed by atoms with Gasteiger partial charge in [0.05, 0.1) is 7.11 Å². The summed E-state index contributed by atoms with van der Waals surface area (Å²) in [6, 6.07) is 13.7. The molecule has 2 heterocycles. The van der Waals surface area contributed by atoms with Crippen LogP contribution in [0, 0.1) is 6.92 Å². The first-order valence-electron chi connectivity index (χ1n) is 11.9. The zero-order chi connectivity index (χ0) is 23.9. The molecule has 0 bridgehead atoms. The van der Waals surface area contributed by atoms with Crippen molar-refractivity contribution in [3.8, 4) is 17.1 Å². The second kappa shape index (κ2) is 11.2. The molecule has 1 aliphatic rings. The molecule has 0 atom stereocenters. The van der Waals surface area contributed by atoms with Crippen LogP contribution in [0.5, 0.6) is 5.75 Å². The van der Waals surface area contributed by atoms with E-state index in [9.17, 15) is 4.79 Å². The Morgan fingerprint density at radius 3 is 2.56 bits per heavy atom. The minimum atomic E-state index is -0.0152. The van der Waals surface area contributed by atoms with Crippen LogP contribution in [0.3, 0.4) is 0 Å². The van der Waals surface area contributed by atoms with Crippen LogP contribution in [0.1, 0.15) is 31.2 Å². The van der Waals surface area contributed by atoms with Crippen molar-refractivity contribution in [3.63, 3.8) is 0 Å². The third-order valence-electron chi connectivity index (χ3n) is 6.25. The molecule has 8 nitrogen and oxygen atoms in total. The minimum absolute atomic E-state index is 0.0152. The molecule has 0 radical (unpaired) electrons. The number of likely N-dealkylation sites (N-methyl/N-ethyl adjacent to an activating group) is 1. The van der Waals surface area contributed by atoms with Gasteiger partial charge in [-0.1, -0.05) is 12.1 Å². The van der Waals surface area contributed by atoms with E-state index in [-0.39, 0.29) is 5.91 Å². The number of aryl methyl sites for hydroxylation is 2. The van der Waals surface area contributed by atoms with Crippen molar-refractivity contribution >= 4 is 17.3 Å². The summed E-state index contributed by atoms with van der Waals surface area (Å²) in [6.45, 7) is 9.68. The number of nitrogens with one attached hydrogen (secondary N) is 1. The van der Waals surface area contributed by atoms with Gasteiger partial charge >= 0.3 is 0 Å². The number of hydrogen-bond acceptors (Lipinski definition) is 7. The lowest BCUT2D eigenvalue weighted by Gasteiger charge is -2.36. The van der Waals surface area contributed by atoms with Gasteiger partial charge < -0.3 is 24.4 Å². The van der Waals surface area contributed by atoms with Gasteiger partial charge in [-0.25, -0.2) is 0 Å². The average molecular weight is 464 g/mol. The molecule has 1 fully saturated rings. The number of anilines is 2. The molecular formula is C26H33N5O3. The van der Waals surface area contributed by atoms with E-state index in [4.69, 9.17) is 9.26 Å². The summed E-state index contributed by atoms with van der Waals surface area (Å²) in [5.41, 5.74) is 4.12. The van der Waals surface area contributed by atoms with E-state index in [0.29, 0.717) is 31.0 Å². The standard InChI is InChI=1S/C26H33N5O3/c1-4-30-14-16-31(17-15-30)23-13-10-21(18-19(23)2)27-24(32)6-5-7-25-28-26(29-34-25)20-8-11-22(33-3)12-9-20/h8-13,18H,4-7,14-17H2,1-3H3,(H,27,32). The molecule has 4 rings (SSSR count). The second-order valence-corrected chi connectivity index (χ2v) is 8.56. The maximum Gasteiger partial charge on any atom is 0.226 e. The van der Waals surface area contributed by atoms with E-state index >= 15 is 0 Å². The molecular weight excluding hydrogens is 430 g/mol. The number of benzene rings is 2. The highest BCUT2D eigenvalue weighted by Crippen LogP contribution is 2.25. The van der Waals surface area contributed by atoms with Crippen LogP contribution in [0.15, 0.2) is 47.0 Å². The Hall–Kier alpha value is -3.39. The lowest BCUT2D eigenvalue weighted by Crippen LogP contribution is -2.46. The number of carbonyl (C=O) groups is 1. The first kappa shape index (κ1) is 23.8. The summed E-state index contributed by atoms with van der Waals surface area (Å²) in [5.74, 6) is 1.83. The minimum Gasteiger partial charge on any atom is -0.497 e. The molecule has 34 heavy (non-hydrogen) atoms. The van der Waals surface area contributed by atoms with E-state index < -0.39 is 0 Å². The fourth-order valence-electron chi connectivity index (χ4n) is 4.23. The van der Waals surface area contributed by atoms with Crippen LogP contribution in [0.25, 0.3) is 11.4 Å². The van der Waals surface area contributed by atoms with Gasteiger partial charge in [-0.2, -0.15) is 4.98 Å². The largest absolute Gasteiger partial charge is 0.497 e.